The minimum absolute atomic E-state index is 0.0687. The molecule has 126 valence electrons. The van der Waals surface area contributed by atoms with E-state index >= 15 is 0 Å². The molecule has 0 spiro atoms. The molecule has 0 fully saturated rings. The summed E-state index contributed by atoms with van der Waals surface area (Å²) in [5.41, 5.74) is 6.45. The van der Waals surface area contributed by atoms with E-state index in [0.717, 1.165) is 5.70 Å². The van der Waals surface area contributed by atoms with Crippen LogP contribution in [0, 0.1) is 19.8 Å². The first-order valence-corrected chi connectivity index (χ1v) is 7.17. The number of hydrogen-bond donors (Lipinski definition) is 2. The van der Waals surface area contributed by atoms with Crippen LogP contribution in [-0.4, -0.2) is 33.5 Å². The van der Waals surface area contributed by atoms with Crippen LogP contribution in [0.2, 0.25) is 0 Å². The Labute approximate surface area is 145 Å². The molecule has 1 aromatic heterocycles. The van der Waals surface area contributed by atoms with Gasteiger partial charge in [0.15, 0.2) is 0 Å². The van der Waals surface area contributed by atoms with Crippen LogP contribution < -0.4 is 10.5 Å². The Hall–Kier alpha value is -2.98. The summed E-state index contributed by atoms with van der Waals surface area (Å²) in [6.07, 6.45) is 16.4. The number of hydrazone groups is 1. The minimum atomic E-state index is -0.109. The van der Waals surface area contributed by atoms with Crippen molar-refractivity contribution in [1.29, 1.82) is 0 Å². The molecule has 0 aliphatic heterocycles. The normalized spacial score (nSPS) is 13.8. The number of rotatable bonds is 4. The minimum Gasteiger partial charge on any atom is -0.502 e. The first kappa shape index (κ1) is 19.1. The summed E-state index contributed by atoms with van der Waals surface area (Å²) in [7, 11) is 1.75. The lowest BCUT2D eigenvalue weighted by Gasteiger charge is -2.12. The zero-order valence-electron chi connectivity index (χ0n) is 13.3. The molecule has 0 unspecified atom stereocenters. The Kier molecular flexibility index (Phi) is 7.33. The lowest BCUT2D eigenvalue weighted by molar-refractivity contribution is 0.356. The number of halogens is 1. The van der Waals surface area contributed by atoms with Crippen molar-refractivity contribution in [3.63, 3.8) is 0 Å². The van der Waals surface area contributed by atoms with Gasteiger partial charge in [-0.15, -0.1) is 12.8 Å². The Morgan fingerprint density at radius 2 is 2.17 bits per heavy atom. The molecule has 2 rings (SSSR count). The van der Waals surface area contributed by atoms with Crippen LogP contribution in [0.25, 0.3) is 0 Å². The van der Waals surface area contributed by atoms with Gasteiger partial charge in [0.05, 0.1) is 16.4 Å². The van der Waals surface area contributed by atoms with E-state index in [1.54, 1.807) is 25.1 Å². The summed E-state index contributed by atoms with van der Waals surface area (Å²) >= 11 is 6.27. The fraction of sp³-hybridized carbons (Fsp3) is 0.188. The Balaban J connectivity index is 0.00000139. The summed E-state index contributed by atoms with van der Waals surface area (Å²) < 4.78 is 5.62. The molecule has 0 saturated heterocycles. The highest BCUT2D eigenvalue weighted by Crippen LogP contribution is 2.30. The Morgan fingerprint density at radius 1 is 1.46 bits per heavy atom. The zero-order valence-corrected chi connectivity index (χ0v) is 14.1. The van der Waals surface area contributed by atoms with Crippen LogP contribution in [0.5, 0.6) is 11.6 Å². The van der Waals surface area contributed by atoms with Crippen molar-refractivity contribution in [2.75, 3.05) is 7.05 Å². The summed E-state index contributed by atoms with van der Waals surface area (Å²) in [6.45, 7) is 1.66. The zero-order chi connectivity index (χ0) is 18.1. The fourth-order valence-electron chi connectivity index (χ4n) is 1.74. The molecule has 0 bridgehead atoms. The second-order valence-corrected chi connectivity index (χ2v) is 4.86. The first-order valence-electron chi connectivity index (χ1n) is 6.79. The second kappa shape index (κ2) is 9.22. The van der Waals surface area contributed by atoms with Crippen LogP contribution in [0.1, 0.15) is 12.1 Å². The lowest BCUT2D eigenvalue weighted by atomic mass is 10.3. The average molecular weight is 348 g/mol. The van der Waals surface area contributed by atoms with E-state index in [1.165, 1.54) is 12.7 Å². The van der Waals surface area contributed by atoms with E-state index in [2.05, 4.69) is 27.9 Å². The standard InChI is InChI=1S/C14H16ClN5O2.C2H2/c1-9-13(21)14(18-8-17-9)22-12-5-3-4-10(6-11(12)15)20(2)19-7-16;1-2/h3-4,6-8,21H,5H2,1-2H3,(H2,16,19);1-2H. The molecule has 8 heteroatoms. The van der Waals surface area contributed by atoms with Gasteiger partial charge in [-0.05, 0) is 19.1 Å². The number of nitrogens with two attached hydrogens (primary N) is 1. The van der Waals surface area contributed by atoms with Gasteiger partial charge in [-0.3, -0.25) is 5.01 Å². The molecule has 0 aromatic carbocycles. The number of allylic oxidation sites excluding steroid dienone is 4. The highest BCUT2D eigenvalue weighted by molar-refractivity contribution is 6.31. The molecule has 1 aromatic rings. The molecule has 0 saturated carbocycles. The van der Waals surface area contributed by atoms with Gasteiger partial charge in [0.25, 0.3) is 5.88 Å². The predicted molar refractivity (Wildman–Crippen MR) is 94.1 cm³/mol. The predicted octanol–water partition coefficient (Wildman–Crippen LogP) is 2.25. The highest BCUT2D eigenvalue weighted by Gasteiger charge is 2.15. The van der Waals surface area contributed by atoms with Crippen molar-refractivity contribution in [3.8, 4) is 24.5 Å². The molecule has 1 heterocycles. The van der Waals surface area contributed by atoms with Crippen LogP contribution >= 0.6 is 11.6 Å². The lowest BCUT2D eigenvalue weighted by Crippen LogP contribution is -2.10. The van der Waals surface area contributed by atoms with Crippen molar-refractivity contribution in [1.82, 2.24) is 15.0 Å². The molecule has 3 N–H and O–H groups in total. The second-order valence-electron chi connectivity index (χ2n) is 4.45. The monoisotopic (exact) mass is 347 g/mol. The average Bonchev–Trinajstić information content (AvgIpc) is 2.76. The number of aryl methyl sites for hydroxylation is 1. The van der Waals surface area contributed by atoms with Crippen molar-refractivity contribution in [2.45, 2.75) is 13.3 Å². The topological polar surface area (TPSA) is 96.9 Å². The number of hydrogen-bond acceptors (Lipinski definition) is 6. The molecule has 0 amide bonds. The van der Waals surface area contributed by atoms with Gasteiger partial charge in [0.1, 0.15) is 18.4 Å². The summed E-state index contributed by atoms with van der Waals surface area (Å²) in [5.74, 6) is 0.424. The highest BCUT2D eigenvalue weighted by atomic mass is 35.5. The molecule has 0 atom stereocenters. The van der Waals surface area contributed by atoms with Gasteiger partial charge in [-0.2, -0.15) is 10.1 Å². The third kappa shape index (κ3) is 4.76. The maximum absolute atomic E-state index is 9.90. The van der Waals surface area contributed by atoms with Crippen LogP contribution in [0.3, 0.4) is 0 Å². The van der Waals surface area contributed by atoms with E-state index in [0.29, 0.717) is 22.9 Å². The fourth-order valence-corrected chi connectivity index (χ4v) is 1.96. The largest absolute Gasteiger partial charge is 0.502 e. The molecule has 1 aliphatic rings. The molecular weight excluding hydrogens is 330 g/mol. The smallest absolute Gasteiger partial charge is 0.265 e. The maximum atomic E-state index is 9.90. The van der Waals surface area contributed by atoms with Gasteiger partial charge in [-0.1, -0.05) is 17.7 Å². The number of ether oxygens (including phenoxy) is 1. The Bertz CT molecular complexity index is 722. The summed E-state index contributed by atoms with van der Waals surface area (Å²) in [5, 5.41) is 15.8. The van der Waals surface area contributed by atoms with E-state index in [4.69, 9.17) is 22.1 Å². The van der Waals surface area contributed by atoms with Gasteiger partial charge in [-0.25, -0.2) is 4.98 Å². The van der Waals surface area contributed by atoms with E-state index in [9.17, 15) is 5.11 Å². The number of terminal acetylenes is 1. The quantitative estimate of drug-likeness (QED) is 0.375. The van der Waals surface area contributed by atoms with Gasteiger partial charge >= 0.3 is 0 Å². The molecule has 0 radical (unpaired) electrons. The number of aromatic hydroxyl groups is 1. The van der Waals surface area contributed by atoms with Crippen LogP contribution in [0.15, 0.2) is 46.1 Å². The van der Waals surface area contributed by atoms with Gasteiger partial charge in [0.2, 0.25) is 5.75 Å². The van der Waals surface area contributed by atoms with Crippen molar-refractivity contribution in [3.05, 3.63) is 46.7 Å². The third-order valence-corrected chi connectivity index (χ3v) is 3.26. The van der Waals surface area contributed by atoms with Gasteiger partial charge < -0.3 is 15.6 Å². The molecular formula is C16H18ClN5O2. The van der Waals surface area contributed by atoms with Crippen LogP contribution in [-0.2, 0) is 0 Å². The van der Waals surface area contributed by atoms with Crippen LogP contribution in [0.4, 0.5) is 0 Å². The number of likely N-dealkylation sites (N-methyl/N-ethyl adjacent to an activating group) is 1. The van der Waals surface area contributed by atoms with Crippen molar-refractivity contribution >= 4 is 17.9 Å². The molecule has 7 nitrogen and oxygen atoms in total. The first-order chi connectivity index (χ1) is 11.5. The van der Waals surface area contributed by atoms with E-state index in [1.807, 2.05) is 12.2 Å². The summed E-state index contributed by atoms with van der Waals surface area (Å²) in [6, 6.07) is 0. The molecule has 1 aliphatic carbocycles. The Morgan fingerprint density at radius 3 is 2.83 bits per heavy atom. The number of nitrogens with zero attached hydrogens (tertiary/aromatic N) is 4. The number of aromatic nitrogens is 2. The maximum Gasteiger partial charge on any atom is 0.265 e. The van der Waals surface area contributed by atoms with Gasteiger partial charge in [0, 0.05) is 13.5 Å². The summed E-state index contributed by atoms with van der Waals surface area (Å²) in [4.78, 5) is 7.79. The molecule has 24 heavy (non-hydrogen) atoms. The van der Waals surface area contributed by atoms with Crippen molar-refractivity contribution in [2.24, 2.45) is 10.8 Å². The third-order valence-electron chi connectivity index (χ3n) is 2.94. The SMILES string of the molecule is C#C.Cc1ncnc(OC2=C(Cl)C=C(N(C)/N=C\N)C=CC2)c1O. The van der Waals surface area contributed by atoms with E-state index < -0.39 is 0 Å². The van der Waals surface area contributed by atoms with E-state index in [-0.39, 0.29) is 11.6 Å². The van der Waals surface area contributed by atoms with Crippen molar-refractivity contribution < 1.29 is 9.84 Å².